The molecule has 0 atom stereocenters. The van der Waals surface area contributed by atoms with Gasteiger partial charge in [0.05, 0.1) is 11.6 Å². The summed E-state index contributed by atoms with van der Waals surface area (Å²) in [5.74, 6) is 1.86. The molecule has 6 nitrogen and oxygen atoms in total. The first-order chi connectivity index (χ1) is 15.2. The highest BCUT2D eigenvalue weighted by atomic mass is 32.1. The maximum atomic E-state index is 9.27. The van der Waals surface area contributed by atoms with Crippen LogP contribution in [0.3, 0.4) is 0 Å². The Morgan fingerprint density at radius 3 is 2.48 bits per heavy atom. The van der Waals surface area contributed by atoms with Gasteiger partial charge in [0.1, 0.15) is 30.5 Å². The van der Waals surface area contributed by atoms with Gasteiger partial charge in [-0.2, -0.15) is 5.26 Å². The van der Waals surface area contributed by atoms with Crippen LogP contribution in [-0.4, -0.2) is 16.7 Å². The van der Waals surface area contributed by atoms with Crippen LogP contribution in [0, 0.1) is 11.3 Å². The molecule has 2 heterocycles. The van der Waals surface area contributed by atoms with Crippen molar-refractivity contribution in [3.63, 3.8) is 0 Å². The SMILES string of the molecule is N#Cc1ccc(COc2cccc(OCc3csc4c(CCO)cnc(N)c34)c2)cc1. The molecule has 156 valence electrons. The Morgan fingerprint density at radius 1 is 1.03 bits per heavy atom. The molecule has 0 saturated carbocycles. The second kappa shape index (κ2) is 9.47. The van der Waals surface area contributed by atoms with Crippen LogP contribution in [-0.2, 0) is 19.6 Å². The third-order valence-electron chi connectivity index (χ3n) is 4.84. The molecule has 0 unspecified atom stereocenters. The Bertz CT molecular complexity index is 1230. The molecule has 0 amide bonds. The van der Waals surface area contributed by atoms with Crippen molar-refractivity contribution in [3.8, 4) is 17.6 Å². The second-order valence-corrected chi connectivity index (χ2v) is 7.85. The van der Waals surface area contributed by atoms with Gasteiger partial charge in [-0.05, 0) is 47.2 Å². The van der Waals surface area contributed by atoms with Crippen LogP contribution in [0.4, 0.5) is 5.82 Å². The van der Waals surface area contributed by atoms with E-state index in [9.17, 15) is 5.11 Å². The van der Waals surface area contributed by atoms with E-state index in [0.717, 1.165) is 26.8 Å². The molecule has 0 radical (unpaired) electrons. The fourth-order valence-electron chi connectivity index (χ4n) is 3.24. The predicted octanol–water partition coefficient (Wildman–Crippen LogP) is 4.44. The number of thiophene rings is 1. The van der Waals surface area contributed by atoms with Gasteiger partial charge < -0.3 is 20.3 Å². The van der Waals surface area contributed by atoms with E-state index in [0.29, 0.717) is 42.5 Å². The zero-order valence-electron chi connectivity index (χ0n) is 16.7. The molecule has 0 aliphatic carbocycles. The summed E-state index contributed by atoms with van der Waals surface area (Å²) in [7, 11) is 0. The lowest BCUT2D eigenvalue weighted by Crippen LogP contribution is -2.00. The van der Waals surface area contributed by atoms with Crippen LogP contribution in [0.2, 0.25) is 0 Å². The van der Waals surface area contributed by atoms with Crippen LogP contribution < -0.4 is 15.2 Å². The van der Waals surface area contributed by atoms with Crippen molar-refractivity contribution < 1.29 is 14.6 Å². The summed E-state index contributed by atoms with van der Waals surface area (Å²) in [6.07, 6.45) is 2.27. The van der Waals surface area contributed by atoms with E-state index in [2.05, 4.69) is 11.1 Å². The number of aliphatic hydroxyl groups excluding tert-OH is 1. The van der Waals surface area contributed by atoms with Crippen LogP contribution in [0.5, 0.6) is 11.5 Å². The number of hydrogen-bond acceptors (Lipinski definition) is 7. The van der Waals surface area contributed by atoms with Gasteiger partial charge in [-0.25, -0.2) is 4.98 Å². The standard InChI is InChI=1S/C24H21N3O3S/c25-11-16-4-6-17(7-5-16)13-29-20-2-1-3-21(10-20)30-14-19-15-31-23-18(8-9-28)12-27-24(26)22(19)23/h1-7,10,12,15,28H,8-9,13-14H2,(H2,26,27). The van der Waals surface area contributed by atoms with E-state index in [1.165, 1.54) is 0 Å². The van der Waals surface area contributed by atoms with Gasteiger partial charge in [0, 0.05) is 34.5 Å². The Labute approximate surface area is 184 Å². The van der Waals surface area contributed by atoms with Gasteiger partial charge in [-0.15, -0.1) is 11.3 Å². The number of ether oxygens (including phenoxy) is 2. The van der Waals surface area contributed by atoms with E-state index in [1.54, 1.807) is 29.7 Å². The molecule has 0 spiro atoms. The minimum Gasteiger partial charge on any atom is -0.489 e. The van der Waals surface area contributed by atoms with Crippen molar-refractivity contribution >= 4 is 27.2 Å². The van der Waals surface area contributed by atoms with Gasteiger partial charge >= 0.3 is 0 Å². The monoisotopic (exact) mass is 431 g/mol. The predicted molar refractivity (Wildman–Crippen MR) is 121 cm³/mol. The number of benzene rings is 2. The van der Waals surface area contributed by atoms with Crippen LogP contribution in [0.15, 0.2) is 60.1 Å². The summed E-state index contributed by atoms with van der Waals surface area (Å²) in [4.78, 5) is 4.27. The van der Waals surface area contributed by atoms with Crippen molar-refractivity contribution in [2.75, 3.05) is 12.3 Å². The largest absolute Gasteiger partial charge is 0.489 e. The smallest absolute Gasteiger partial charge is 0.132 e. The summed E-state index contributed by atoms with van der Waals surface area (Å²) in [6.45, 7) is 0.827. The number of anilines is 1. The lowest BCUT2D eigenvalue weighted by molar-refractivity contribution is 0.291. The van der Waals surface area contributed by atoms with E-state index in [4.69, 9.17) is 20.5 Å². The Morgan fingerprint density at radius 2 is 1.77 bits per heavy atom. The minimum absolute atomic E-state index is 0.0691. The van der Waals surface area contributed by atoms with E-state index >= 15 is 0 Å². The molecule has 0 fully saturated rings. The molecular formula is C24H21N3O3S. The number of nitriles is 1. The zero-order valence-corrected chi connectivity index (χ0v) is 17.6. The van der Waals surface area contributed by atoms with Gasteiger partial charge in [0.2, 0.25) is 0 Å². The number of pyridine rings is 1. The molecule has 7 heteroatoms. The average Bonchev–Trinajstić information content (AvgIpc) is 3.24. The van der Waals surface area contributed by atoms with Gasteiger partial charge in [-0.1, -0.05) is 18.2 Å². The molecule has 2 aromatic carbocycles. The number of aromatic nitrogens is 1. The molecular weight excluding hydrogens is 410 g/mol. The van der Waals surface area contributed by atoms with Crippen molar-refractivity contribution in [2.24, 2.45) is 0 Å². The number of nitrogens with zero attached hydrogens (tertiary/aromatic N) is 2. The van der Waals surface area contributed by atoms with Crippen molar-refractivity contribution in [1.82, 2.24) is 4.98 Å². The highest BCUT2D eigenvalue weighted by molar-refractivity contribution is 7.17. The summed E-state index contributed by atoms with van der Waals surface area (Å²) >= 11 is 1.59. The van der Waals surface area contributed by atoms with E-state index in [1.807, 2.05) is 41.8 Å². The first-order valence-corrected chi connectivity index (χ1v) is 10.6. The van der Waals surface area contributed by atoms with Crippen molar-refractivity contribution in [2.45, 2.75) is 19.6 Å². The molecule has 31 heavy (non-hydrogen) atoms. The molecule has 4 rings (SSSR count). The number of nitrogen functional groups attached to an aromatic ring is 1. The Kier molecular flexibility index (Phi) is 6.32. The second-order valence-electron chi connectivity index (χ2n) is 6.97. The van der Waals surface area contributed by atoms with Crippen molar-refractivity contribution in [1.29, 1.82) is 5.26 Å². The quantitative estimate of drug-likeness (QED) is 0.428. The summed E-state index contributed by atoms with van der Waals surface area (Å²) in [6, 6.07) is 16.9. The number of rotatable bonds is 8. The third kappa shape index (κ3) is 4.77. The highest BCUT2D eigenvalue weighted by Crippen LogP contribution is 2.33. The Balaban J connectivity index is 1.43. The summed E-state index contributed by atoms with van der Waals surface area (Å²) in [5, 5.41) is 21.1. The molecule has 0 aliphatic heterocycles. The maximum absolute atomic E-state index is 9.27. The van der Waals surface area contributed by atoms with Crippen LogP contribution in [0.25, 0.3) is 10.1 Å². The van der Waals surface area contributed by atoms with Crippen LogP contribution in [0.1, 0.15) is 22.3 Å². The number of nitrogens with two attached hydrogens (primary N) is 1. The summed E-state index contributed by atoms with van der Waals surface area (Å²) in [5.41, 5.74) is 9.67. The molecule has 0 saturated heterocycles. The maximum Gasteiger partial charge on any atom is 0.132 e. The fourth-order valence-corrected chi connectivity index (χ4v) is 4.35. The molecule has 0 bridgehead atoms. The van der Waals surface area contributed by atoms with Gasteiger partial charge in [0.25, 0.3) is 0 Å². The number of hydrogen-bond donors (Lipinski definition) is 2. The van der Waals surface area contributed by atoms with Gasteiger partial charge in [0.15, 0.2) is 0 Å². The average molecular weight is 432 g/mol. The van der Waals surface area contributed by atoms with E-state index in [-0.39, 0.29) is 6.61 Å². The molecule has 0 aliphatic rings. The third-order valence-corrected chi connectivity index (χ3v) is 5.95. The molecule has 3 N–H and O–H groups in total. The Hall–Kier alpha value is -3.60. The lowest BCUT2D eigenvalue weighted by Gasteiger charge is -2.10. The normalized spacial score (nSPS) is 10.7. The number of fused-ring (bicyclic) bond motifs is 1. The lowest BCUT2D eigenvalue weighted by atomic mass is 10.1. The topological polar surface area (TPSA) is 101 Å². The van der Waals surface area contributed by atoms with Crippen LogP contribution >= 0.6 is 11.3 Å². The minimum atomic E-state index is 0.0691. The van der Waals surface area contributed by atoms with E-state index < -0.39 is 0 Å². The highest BCUT2D eigenvalue weighted by Gasteiger charge is 2.13. The first kappa shape index (κ1) is 20.7. The van der Waals surface area contributed by atoms with Gasteiger partial charge in [-0.3, -0.25) is 0 Å². The summed E-state index contributed by atoms with van der Waals surface area (Å²) < 4.78 is 12.9. The zero-order chi connectivity index (χ0) is 21.6. The molecule has 2 aromatic heterocycles. The molecule has 4 aromatic rings. The van der Waals surface area contributed by atoms with Crippen molar-refractivity contribution in [3.05, 3.63) is 82.4 Å². The first-order valence-electron chi connectivity index (χ1n) is 9.77. The number of aliphatic hydroxyl groups is 1. The fraction of sp³-hybridized carbons (Fsp3) is 0.167.